The summed E-state index contributed by atoms with van der Waals surface area (Å²) >= 11 is 0. The lowest BCUT2D eigenvalue weighted by atomic mass is 9.65. The topological polar surface area (TPSA) is 125 Å². The number of hydrogen-bond donors (Lipinski definition) is 3. The average Bonchev–Trinajstić information content (AvgIpc) is 3.02. The standard InChI is InChI=1S/C24H36N4O5S/c1-5-23(2,3)19-10-12-24(13-11-19)21(30)28(22(31)27-24)15-20(29)26-14-17-6-8-18(9-7-17)16-34(32,33)25-4/h6-9,19,25H,5,10-16H2,1-4H3,(H,26,29)(H,27,31). The fraction of sp³-hybridized carbons (Fsp3) is 0.625. The van der Waals surface area contributed by atoms with Crippen molar-refractivity contribution in [3.63, 3.8) is 0 Å². The number of carbonyl (C=O) groups is 3. The van der Waals surface area contributed by atoms with Crippen molar-refractivity contribution in [2.45, 2.75) is 70.7 Å². The number of rotatable bonds is 9. The fourth-order valence-corrected chi connectivity index (χ4v) is 5.56. The fourth-order valence-electron chi connectivity index (χ4n) is 4.78. The molecule has 10 heteroatoms. The van der Waals surface area contributed by atoms with Gasteiger partial charge in [0.25, 0.3) is 5.91 Å². The lowest BCUT2D eigenvalue weighted by molar-refractivity contribution is -0.136. The highest BCUT2D eigenvalue weighted by Crippen LogP contribution is 2.45. The summed E-state index contributed by atoms with van der Waals surface area (Å²) < 4.78 is 25.5. The molecule has 0 aromatic heterocycles. The van der Waals surface area contributed by atoms with Gasteiger partial charge in [-0.2, -0.15) is 0 Å². The number of nitrogens with one attached hydrogen (secondary N) is 3. The molecule has 1 aliphatic carbocycles. The molecular formula is C24H36N4O5S. The monoisotopic (exact) mass is 492 g/mol. The van der Waals surface area contributed by atoms with E-state index in [1.54, 1.807) is 24.3 Å². The molecule has 9 nitrogen and oxygen atoms in total. The molecule has 188 valence electrons. The van der Waals surface area contributed by atoms with E-state index in [1.807, 2.05) is 0 Å². The van der Waals surface area contributed by atoms with Gasteiger partial charge in [-0.25, -0.2) is 17.9 Å². The van der Waals surface area contributed by atoms with E-state index in [2.05, 4.69) is 36.1 Å². The molecule has 34 heavy (non-hydrogen) atoms. The highest BCUT2D eigenvalue weighted by molar-refractivity contribution is 7.88. The van der Waals surface area contributed by atoms with E-state index in [0.717, 1.165) is 29.7 Å². The number of nitrogens with zero attached hydrogens (tertiary/aromatic N) is 1. The van der Waals surface area contributed by atoms with Gasteiger partial charge in [-0.1, -0.05) is 51.5 Å². The molecule has 1 saturated carbocycles. The van der Waals surface area contributed by atoms with Crippen LogP contribution in [0.5, 0.6) is 0 Å². The normalized spacial score (nSPS) is 23.3. The van der Waals surface area contributed by atoms with E-state index in [-0.39, 0.29) is 30.2 Å². The average molecular weight is 493 g/mol. The largest absolute Gasteiger partial charge is 0.350 e. The van der Waals surface area contributed by atoms with Gasteiger partial charge in [-0.15, -0.1) is 0 Å². The third-order valence-electron chi connectivity index (χ3n) is 7.58. The maximum absolute atomic E-state index is 13.1. The first-order valence-electron chi connectivity index (χ1n) is 11.8. The van der Waals surface area contributed by atoms with Crippen LogP contribution in [0.4, 0.5) is 4.79 Å². The summed E-state index contributed by atoms with van der Waals surface area (Å²) in [6.45, 7) is 6.56. The maximum Gasteiger partial charge on any atom is 0.325 e. The Morgan fingerprint density at radius 2 is 1.74 bits per heavy atom. The Morgan fingerprint density at radius 3 is 2.29 bits per heavy atom. The molecule has 2 fully saturated rings. The predicted molar refractivity (Wildman–Crippen MR) is 129 cm³/mol. The quantitative estimate of drug-likeness (QED) is 0.456. The van der Waals surface area contributed by atoms with Crippen molar-refractivity contribution in [1.29, 1.82) is 0 Å². The van der Waals surface area contributed by atoms with Crippen molar-refractivity contribution < 1.29 is 22.8 Å². The van der Waals surface area contributed by atoms with Crippen LogP contribution in [0.25, 0.3) is 0 Å². The van der Waals surface area contributed by atoms with Crippen molar-refractivity contribution in [2.24, 2.45) is 11.3 Å². The molecule has 3 N–H and O–H groups in total. The third kappa shape index (κ3) is 5.78. The number of amides is 4. The van der Waals surface area contributed by atoms with Crippen LogP contribution >= 0.6 is 0 Å². The first-order valence-corrected chi connectivity index (χ1v) is 13.5. The lowest BCUT2D eigenvalue weighted by Gasteiger charge is -2.42. The summed E-state index contributed by atoms with van der Waals surface area (Å²) in [6.07, 6.45) is 4.00. The second kappa shape index (κ2) is 10.0. The SMILES string of the molecule is CCC(C)(C)C1CCC2(CC1)NC(=O)N(CC(=O)NCc1ccc(CS(=O)(=O)NC)cc1)C2=O. The maximum atomic E-state index is 13.1. The van der Waals surface area contributed by atoms with Crippen molar-refractivity contribution in [3.8, 4) is 0 Å². The number of benzene rings is 1. The summed E-state index contributed by atoms with van der Waals surface area (Å²) in [6, 6.07) is 6.34. The van der Waals surface area contributed by atoms with Gasteiger partial charge in [-0.05, 0) is 55.2 Å². The van der Waals surface area contributed by atoms with Crippen LogP contribution in [0.15, 0.2) is 24.3 Å². The van der Waals surface area contributed by atoms with Crippen molar-refractivity contribution >= 4 is 27.9 Å². The first kappa shape index (κ1) is 26.2. The van der Waals surface area contributed by atoms with Crippen LogP contribution in [0.2, 0.25) is 0 Å². The number of carbonyl (C=O) groups excluding carboxylic acids is 3. The number of imide groups is 1. The molecular weight excluding hydrogens is 456 g/mol. The Balaban J connectivity index is 1.52. The molecule has 4 amide bonds. The van der Waals surface area contributed by atoms with Crippen LogP contribution in [-0.2, 0) is 31.9 Å². The smallest absolute Gasteiger partial charge is 0.325 e. The van der Waals surface area contributed by atoms with Crippen LogP contribution in [0.1, 0.15) is 64.0 Å². The Hall–Kier alpha value is -2.46. The minimum absolute atomic E-state index is 0.124. The van der Waals surface area contributed by atoms with Gasteiger partial charge < -0.3 is 10.6 Å². The molecule has 0 unspecified atom stereocenters. The Labute approximate surface area is 202 Å². The number of hydrogen-bond acceptors (Lipinski definition) is 5. The Bertz CT molecular complexity index is 1030. The van der Waals surface area contributed by atoms with E-state index in [0.29, 0.717) is 24.3 Å². The number of urea groups is 1. The molecule has 1 aromatic carbocycles. The first-order chi connectivity index (χ1) is 15.9. The van der Waals surface area contributed by atoms with Gasteiger partial charge in [0.2, 0.25) is 15.9 Å². The van der Waals surface area contributed by atoms with E-state index in [4.69, 9.17) is 0 Å². The Kier molecular flexibility index (Phi) is 7.72. The van der Waals surface area contributed by atoms with Crippen LogP contribution < -0.4 is 15.4 Å². The second-order valence-electron chi connectivity index (χ2n) is 10.1. The minimum atomic E-state index is -3.35. The van der Waals surface area contributed by atoms with Gasteiger partial charge in [0.1, 0.15) is 12.1 Å². The molecule has 3 rings (SSSR count). The van der Waals surface area contributed by atoms with E-state index >= 15 is 0 Å². The summed E-state index contributed by atoms with van der Waals surface area (Å²) in [4.78, 5) is 39.1. The molecule has 1 aromatic rings. The zero-order chi connectivity index (χ0) is 25.1. The van der Waals surface area contributed by atoms with Gasteiger partial charge in [0, 0.05) is 6.54 Å². The Morgan fingerprint density at radius 1 is 1.15 bits per heavy atom. The van der Waals surface area contributed by atoms with Gasteiger partial charge in [0.15, 0.2) is 0 Å². The van der Waals surface area contributed by atoms with Gasteiger partial charge in [0.05, 0.1) is 5.75 Å². The van der Waals surface area contributed by atoms with Crippen molar-refractivity contribution in [1.82, 2.24) is 20.3 Å². The summed E-state index contributed by atoms with van der Waals surface area (Å²) in [5, 5.41) is 5.60. The van der Waals surface area contributed by atoms with E-state index < -0.39 is 27.5 Å². The van der Waals surface area contributed by atoms with Gasteiger partial charge in [-0.3, -0.25) is 14.5 Å². The van der Waals surface area contributed by atoms with Crippen LogP contribution in [-0.4, -0.2) is 50.3 Å². The molecule has 1 spiro atoms. The minimum Gasteiger partial charge on any atom is -0.350 e. The molecule has 1 saturated heterocycles. The molecule has 1 aliphatic heterocycles. The van der Waals surface area contributed by atoms with E-state index in [1.165, 1.54) is 7.05 Å². The molecule has 0 radical (unpaired) electrons. The molecule has 0 bridgehead atoms. The van der Waals surface area contributed by atoms with E-state index in [9.17, 15) is 22.8 Å². The highest BCUT2D eigenvalue weighted by atomic mass is 32.2. The zero-order valence-corrected chi connectivity index (χ0v) is 21.3. The van der Waals surface area contributed by atoms with Gasteiger partial charge >= 0.3 is 6.03 Å². The second-order valence-corrected chi connectivity index (χ2v) is 12.0. The highest BCUT2D eigenvalue weighted by Gasteiger charge is 2.53. The lowest BCUT2D eigenvalue weighted by Crippen LogP contribution is -2.51. The van der Waals surface area contributed by atoms with Crippen molar-refractivity contribution in [2.75, 3.05) is 13.6 Å². The summed E-state index contributed by atoms with van der Waals surface area (Å²) in [5.74, 6) is -0.352. The zero-order valence-electron chi connectivity index (χ0n) is 20.4. The molecule has 2 aliphatic rings. The van der Waals surface area contributed by atoms with Crippen molar-refractivity contribution in [3.05, 3.63) is 35.4 Å². The van der Waals surface area contributed by atoms with Crippen LogP contribution in [0.3, 0.4) is 0 Å². The summed E-state index contributed by atoms with van der Waals surface area (Å²) in [5.41, 5.74) is 0.725. The third-order valence-corrected chi connectivity index (χ3v) is 8.92. The van der Waals surface area contributed by atoms with Crippen LogP contribution in [0, 0.1) is 11.3 Å². The number of sulfonamides is 1. The molecule has 0 atom stereocenters. The summed E-state index contributed by atoms with van der Waals surface area (Å²) in [7, 11) is -1.99. The predicted octanol–water partition coefficient (Wildman–Crippen LogP) is 2.27. The molecule has 1 heterocycles.